The standard InChI is InChI=1S/C21H27NO5S/c1-25-19-7-3-17(4-8-19)15-22(16-18-5-9-20(26-2)10-6-18)28(23,24)21-11-13-27-14-12-21/h3-10,21H,11-16H2,1-2H3. The number of methoxy groups -OCH3 is 2. The van der Waals surface area contributed by atoms with E-state index in [-0.39, 0.29) is 0 Å². The van der Waals surface area contributed by atoms with Crippen LogP contribution < -0.4 is 9.47 Å². The number of sulfonamides is 1. The van der Waals surface area contributed by atoms with Crippen LogP contribution in [0.15, 0.2) is 48.5 Å². The second-order valence-corrected chi connectivity index (χ2v) is 9.03. The van der Waals surface area contributed by atoms with Gasteiger partial charge in [-0.3, -0.25) is 0 Å². The molecule has 1 fully saturated rings. The van der Waals surface area contributed by atoms with E-state index in [1.54, 1.807) is 18.5 Å². The van der Waals surface area contributed by atoms with Crippen molar-refractivity contribution in [1.82, 2.24) is 4.31 Å². The highest BCUT2D eigenvalue weighted by atomic mass is 32.2. The van der Waals surface area contributed by atoms with Crippen molar-refractivity contribution in [3.05, 3.63) is 59.7 Å². The summed E-state index contributed by atoms with van der Waals surface area (Å²) in [4.78, 5) is 0. The van der Waals surface area contributed by atoms with Crippen molar-refractivity contribution >= 4 is 10.0 Å². The third-order valence-electron chi connectivity index (χ3n) is 4.99. The lowest BCUT2D eigenvalue weighted by Crippen LogP contribution is -2.40. The van der Waals surface area contributed by atoms with Crippen LogP contribution in [0.4, 0.5) is 0 Å². The van der Waals surface area contributed by atoms with Gasteiger partial charge in [-0.1, -0.05) is 24.3 Å². The largest absolute Gasteiger partial charge is 0.497 e. The zero-order valence-corrected chi connectivity index (χ0v) is 17.2. The van der Waals surface area contributed by atoms with E-state index in [9.17, 15) is 8.42 Å². The third-order valence-corrected chi connectivity index (χ3v) is 7.28. The molecule has 152 valence electrons. The first-order valence-corrected chi connectivity index (χ1v) is 10.9. The fraction of sp³-hybridized carbons (Fsp3) is 0.429. The minimum Gasteiger partial charge on any atom is -0.497 e. The molecule has 0 amide bonds. The van der Waals surface area contributed by atoms with Crippen LogP contribution in [0.5, 0.6) is 11.5 Å². The number of benzene rings is 2. The molecule has 0 unspecified atom stereocenters. The second-order valence-electron chi connectivity index (χ2n) is 6.82. The molecule has 0 atom stereocenters. The molecule has 1 aliphatic heterocycles. The normalized spacial score (nSPS) is 15.5. The number of hydrogen-bond acceptors (Lipinski definition) is 5. The van der Waals surface area contributed by atoms with Gasteiger partial charge < -0.3 is 14.2 Å². The molecular weight excluding hydrogens is 378 g/mol. The molecule has 0 N–H and O–H groups in total. The van der Waals surface area contributed by atoms with Gasteiger partial charge in [0, 0.05) is 26.3 Å². The fourth-order valence-corrected chi connectivity index (χ4v) is 5.16. The second kappa shape index (κ2) is 9.41. The Labute approximate surface area is 167 Å². The van der Waals surface area contributed by atoms with E-state index in [2.05, 4.69) is 0 Å². The highest BCUT2D eigenvalue weighted by Gasteiger charge is 2.33. The predicted molar refractivity (Wildman–Crippen MR) is 108 cm³/mol. The van der Waals surface area contributed by atoms with E-state index in [4.69, 9.17) is 14.2 Å². The molecule has 2 aromatic carbocycles. The maximum Gasteiger partial charge on any atom is 0.217 e. The Kier molecular flexibility index (Phi) is 6.93. The molecule has 1 heterocycles. The van der Waals surface area contributed by atoms with Crippen molar-refractivity contribution in [2.75, 3.05) is 27.4 Å². The minimum absolute atomic E-state index is 0.315. The van der Waals surface area contributed by atoms with Crippen LogP contribution in [-0.2, 0) is 27.8 Å². The van der Waals surface area contributed by atoms with Gasteiger partial charge in [0.05, 0.1) is 19.5 Å². The van der Waals surface area contributed by atoms with Gasteiger partial charge in [-0.05, 0) is 48.2 Å². The summed E-state index contributed by atoms with van der Waals surface area (Å²) in [5.41, 5.74) is 1.84. The summed E-state index contributed by atoms with van der Waals surface area (Å²) in [5, 5.41) is -0.405. The molecule has 0 bridgehead atoms. The molecule has 0 radical (unpaired) electrons. The van der Waals surface area contributed by atoms with E-state index in [1.807, 2.05) is 48.5 Å². The van der Waals surface area contributed by atoms with Crippen molar-refractivity contribution in [1.29, 1.82) is 0 Å². The van der Waals surface area contributed by atoms with Gasteiger partial charge in [-0.15, -0.1) is 0 Å². The van der Waals surface area contributed by atoms with Gasteiger partial charge in [0.25, 0.3) is 0 Å². The zero-order chi connectivity index (χ0) is 20.0. The van der Waals surface area contributed by atoms with Crippen LogP contribution in [0.3, 0.4) is 0 Å². The van der Waals surface area contributed by atoms with E-state index in [0.29, 0.717) is 39.1 Å². The van der Waals surface area contributed by atoms with Crippen molar-refractivity contribution in [3.8, 4) is 11.5 Å². The first-order chi connectivity index (χ1) is 13.5. The zero-order valence-electron chi connectivity index (χ0n) is 16.3. The average molecular weight is 406 g/mol. The van der Waals surface area contributed by atoms with E-state index >= 15 is 0 Å². The molecule has 1 saturated heterocycles. The van der Waals surface area contributed by atoms with Crippen LogP contribution in [0.2, 0.25) is 0 Å². The Morgan fingerprint density at radius 1 is 0.857 bits per heavy atom. The van der Waals surface area contributed by atoms with Gasteiger partial charge in [0.2, 0.25) is 10.0 Å². The fourth-order valence-electron chi connectivity index (χ4n) is 3.29. The van der Waals surface area contributed by atoms with Gasteiger partial charge in [0.15, 0.2) is 0 Å². The Bertz CT molecular complexity index is 794. The van der Waals surface area contributed by atoms with Crippen LogP contribution >= 0.6 is 0 Å². The van der Waals surface area contributed by atoms with Crippen LogP contribution in [-0.4, -0.2) is 45.4 Å². The van der Waals surface area contributed by atoms with Gasteiger partial charge in [0.1, 0.15) is 11.5 Å². The maximum atomic E-state index is 13.4. The highest BCUT2D eigenvalue weighted by molar-refractivity contribution is 7.89. The molecule has 0 aromatic heterocycles. The lowest BCUT2D eigenvalue weighted by Gasteiger charge is -2.30. The third kappa shape index (κ3) is 5.04. The smallest absolute Gasteiger partial charge is 0.217 e. The molecule has 0 saturated carbocycles. The van der Waals surface area contributed by atoms with Gasteiger partial charge >= 0.3 is 0 Å². The summed E-state index contributed by atoms with van der Waals surface area (Å²) in [5.74, 6) is 1.50. The number of hydrogen-bond donors (Lipinski definition) is 0. The molecule has 28 heavy (non-hydrogen) atoms. The quantitative estimate of drug-likeness (QED) is 0.675. The van der Waals surface area contributed by atoms with Crippen LogP contribution in [0, 0.1) is 0 Å². The van der Waals surface area contributed by atoms with Crippen molar-refractivity contribution in [2.45, 2.75) is 31.2 Å². The highest BCUT2D eigenvalue weighted by Crippen LogP contribution is 2.25. The summed E-state index contributed by atoms with van der Waals surface area (Å²) in [6.45, 7) is 1.61. The number of rotatable bonds is 8. The lowest BCUT2D eigenvalue weighted by molar-refractivity contribution is 0.0970. The first-order valence-electron chi connectivity index (χ1n) is 9.35. The molecule has 2 aromatic rings. The maximum absolute atomic E-state index is 13.4. The molecule has 0 spiro atoms. The van der Waals surface area contributed by atoms with Crippen molar-refractivity contribution < 1.29 is 22.6 Å². The van der Waals surface area contributed by atoms with Crippen molar-refractivity contribution in [3.63, 3.8) is 0 Å². The molecule has 1 aliphatic rings. The average Bonchev–Trinajstić information content (AvgIpc) is 2.75. The number of nitrogens with zero attached hydrogens (tertiary/aromatic N) is 1. The molecular formula is C21H27NO5S. The van der Waals surface area contributed by atoms with E-state index in [0.717, 1.165) is 22.6 Å². The van der Waals surface area contributed by atoms with E-state index < -0.39 is 15.3 Å². The number of ether oxygens (including phenoxy) is 3. The Morgan fingerprint density at radius 3 is 1.68 bits per heavy atom. The van der Waals surface area contributed by atoms with E-state index in [1.165, 1.54) is 0 Å². The first kappa shape index (κ1) is 20.6. The topological polar surface area (TPSA) is 65.1 Å². The minimum atomic E-state index is -3.46. The summed E-state index contributed by atoms with van der Waals surface area (Å²) in [6, 6.07) is 15.0. The Balaban J connectivity index is 1.84. The summed E-state index contributed by atoms with van der Waals surface area (Å²) in [7, 11) is -0.238. The lowest BCUT2D eigenvalue weighted by atomic mass is 10.2. The Morgan fingerprint density at radius 2 is 1.29 bits per heavy atom. The summed E-state index contributed by atoms with van der Waals surface area (Å²) >= 11 is 0. The SMILES string of the molecule is COc1ccc(CN(Cc2ccc(OC)cc2)S(=O)(=O)C2CCOCC2)cc1. The summed E-state index contributed by atoms with van der Waals surface area (Å²) in [6.07, 6.45) is 1.06. The Hall–Kier alpha value is -2.09. The van der Waals surface area contributed by atoms with Crippen LogP contribution in [0.25, 0.3) is 0 Å². The molecule has 0 aliphatic carbocycles. The molecule has 6 nitrogen and oxygen atoms in total. The van der Waals surface area contributed by atoms with Gasteiger partial charge in [-0.2, -0.15) is 4.31 Å². The molecule has 3 rings (SSSR count). The monoisotopic (exact) mass is 405 g/mol. The van der Waals surface area contributed by atoms with Crippen molar-refractivity contribution in [2.24, 2.45) is 0 Å². The molecule has 7 heteroatoms. The van der Waals surface area contributed by atoms with Gasteiger partial charge in [-0.25, -0.2) is 8.42 Å². The summed E-state index contributed by atoms with van der Waals surface area (Å²) < 4.78 is 44.0. The predicted octanol–water partition coefficient (Wildman–Crippen LogP) is 3.21. The van der Waals surface area contributed by atoms with Crippen LogP contribution in [0.1, 0.15) is 24.0 Å².